The SMILES string of the molecule is CCOc1cc(CNCC(C)(C)N(C)C)ccc1OCC(=O)Nc1ccccc1. The Kier molecular flexibility index (Phi) is 8.49. The van der Waals surface area contributed by atoms with Crippen LogP contribution in [0.3, 0.4) is 0 Å². The van der Waals surface area contributed by atoms with Gasteiger partial charge in [0.05, 0.1) is 6.61 Å². The van der Waals surface area contributed by atoms with E-state index >= 15 is 0 Å². The van der Waals surface area contributed by atoms with Gasteiger partial charge < -0.3 is 25.0 Å². The number of hydrogen-bond donors (Lipinski definition) is 2. The Hall–Kier alpha value is -2.57. The first kappa shape index (κ1) is 22.7. The first-order chi connectivity index (χ1) is 13.8. The molecule has 2 aromatic rings. The Balaban J connectivity index is 1.93. The molecule has 0 spiro atoms. The fraction of sp³-hybridized carbons (Fsp3) is 0.435. The summed E-state index contributed by atoms with van der Waals surface area (Å²) in [5.74, 6) is 0.994. The van der Waals surface area contributed by atoms with Crippen LogP contribution >= 0.6 is 0 Å². The van der Waals surface area contributed by atoms with E-state index in [0.29, 0.717) is 18.1 Å². The summed E-state index contributed by atoms with van der Waals surface area (Å²) in [5, 5.41) is 6.29. The van der Waals surface area contributed by atoms with Crippen LogP contribution in [0.1, 0.15) is 26.3 Å². The van der Waals surface area contributed by atoms with Crippen LogP contribution in [0.15, 0.2) is 48.5 Å². The van der Waals surface area contributed by atoms with Gasteiger partial charge >= 0.3 is 0 Å². The summed E-state index contributed by atoms with van der Waals surface area (Å²) in [6.45, 7) is 8.36. The van der Waals surface area contributed by atoms with Crippen molar-refractivity contribution < 1.29 is 14.3 Å². The molecular formula is C23H33N3O3. The summed E-state index contributed by atoms with van der Waals surface area (Å²) in [7, 11) is 4.16. The average molecular weight is 400 g/mol. The molecule has 2 rings (SSSR count). The molecular weight excluding hydrogens is 366 g/mol. The largest absolute Gasteiger partial charge is 0.490 e. The van der Waals surface area contributed by atoms with Crippen LogP contribution in [0, 0.1) is 0 Å². The molecule has 0 unspecified atom stereocenters. The average Bonchev–Trinajstić information content (AvgIpc) is 2.68. The molecule has 0 aliphatic carbocycles. The second-order valence-electron chi connectivity index (χ2n) is 7.73. The van der Waals surface area contributed by atoms with Crippen molar-refractivity contribution in [1.82, 2.24) is 10.2 Å². The zero-order valence-electron chi connectivity index (χ0n) is 18.1. The second kappa shape index (κ2) is 10.8. The molecule has 0 aromatic heterocycles. The molecule has 0 saturated carbocycles. The minimum Gasteiger partial charge on any atom is -0.490 e. The normalized spacial score (nSPS) is 11.4. The molecule has 29 heavy (non-hydrogen) atoms. The van der Waals surface area contributed by atoms with Gasteiger partial charge in [0, 0.05) is 24.3 Å². The lowest BCUT2D eigenvalue weighted by atomic mass is 10.0. The first-order valence-corrected chi connectivity index (χ1v) is 9.93. The minimum absolute atomic E-state index is 0.0674. The molecule has 6 nitrogen and oxygen atoms in total. The Morgan fingerprint density at radius 1 is 1.03 bits per heavy atom. The molecule has 0 heterocycles. The van der Waals surface area contributed by atoms with Crippen molar-refractivity contribution in [2.45, 2.75) is 32.9 Å². The Bertz CT molecular complexity index is 776. The molecule has 158 valence electrons. The molecule has 2 N–H and O–H groups in total. The van der Waals surface area contributed by atoms with E-state index in [9.17, 15) is 4.79 Å². The number of rotatable bonds is 11. The third kappa shape index (κ3) is 7.40. The lowest BCUT2D eigenvalue weighted by Crippen LogP contribution is -2.46. The van der Waals surface area contributed by atoms with Crippen LogP contribution in [-0.4, -0.2) is 50.2 Å². The number of hydrogen-bond acceptors (Lipinski definition) is 5. The highest BCUT2D eigenvalue weighted by Gasteiger charge is 2.19. The number of carbonyl (C=O) groups excluding carboxylic acids is 1. The van der Waals surface area contributed by atoms with Crippen molar-refractivity contribution in [2.24, 2.45) is 0 Å². The van der Waals surface area contributed by atoms with Gasteiger partial charge in [0.15, 0.2) is 18.1 Å². The maximum Gasteiger partial charge on any atom is 0.262 e. The number of anilines is 1. The van der Waals surface area contributed by atoms with Gasteiger partial charge in [0.1, 0.15) is 0 Å². The third-order valence-corrected chi connectivity index (χ3v) is 4.82. The quantitative estimate of drug-likeness (QED) is 0.605. The van der Waals surface area contributed by atoms with Gasteiger partial charge in [-0.2, -0.15) is 0 Å². The lowest BCUT2D eigenvalue weighted by molar-refractivity contribution is -0.118. The van der Waals surface area contributed by atoms with Gasteiger partial charge in [0.2, 0.25) is 0 Å². The molecule has 2 aromatic carbocycles. The van der Waals surface area contributed by atoms with Gasteiger partial charge in [-0.05, 0) is 64.7 Å². The fourth-order valence-electron chi connectivity index (χ4n) is 2.58. The monoisotopic (exact) mass is 399 g/mol. The van der Waals surface area contributed by atoms with E-state index in [0.717, 1.165) is 24.3 Å². The van der Waals surface area contributed by atoms with Gasteiger partial charge in [-0.3, -0.25) is 4.79 Å². The Morgan fingerprint density at radius 2 is 1.76 bits per heavy atom. The van der Waals surface area contributed by atoms with E-state index in [1.165, 1.54) is 0 Å². The lowest BCUT2D eigenvalue weighted by Gasteiger charge is -2.32. The van der Waals surface area contributed by atoms with E-state index in [1.807, 2.05) is 55.5 Å². The highest BCUT2D eigenvalue weighted by molar-refractivity contribution is 5.91. The number of ether oxygens (including phenoxy) is 2. The highest BCUT2D eigenvalue weighted by Crippen LogP contribution is 2.28. The second-order valence-corrected chi connectivity index (χ2v) is 7.73. The summed E-state index contributed by atoms with van der Waals surface area (Å²) < 4.78 is 11.4. The molecule has 0 aliphatic rings. The number of nitrogens with zero attached hydrogens (tertiary/aromatic N) is 1. The van der Waals surface area contributed by atoms with E-state index in [2.05, 4.69) is 43.5 Å². The zero-order chi connectivity index (χ0) is 21.3. The summed E-state index contributed by atoms with van der Waals surface area (Å²) in [4.78, 5) is 14.3. The van der Waals surface area contributed by atoms with Crippen molar-refractivity contribution in [3.05, 3.63) is 54.1 Å². The molecule has 0 bridgehead atoms. The number of nitrogens with one attached hydrogen (secondary N) is 2. The van der Waals surface area contributed by atoms with Crippen molar-refractivity contribution in [2.75, 3.05) is 39.2 Å². The van der Waals surface area contributed by atoms with E-state index in [-0.39, 0.29) is 18.1 Å². The van der Waals surface area contributed by atoms with Gasteiger partial charge in [-0.25, -0.2) is 0 Å². The summed E-state index contributed by atoms with van der Waals surface area (Å²) in [6, 6.07) is 15.1. The van der Waals surface area contributed by atoms with Crippen molar-refractivity contribution in [3.8, 4) is 11.5 Å². The number of carbonyl (C=O) groups is 1. The molecule has 1 amide bonds. The summed E-state index contributed by atoms with van der Waals surface area (Å²) in [6.07, 6.45) is 0. The summed E-state index contributed by atoms with van der Waals surface area (Å²) >= 11 is 0. The first-order valence-electron chi connectivity index (χ1n) is 9.93. The maximum atomic E-state index is 12.1. The Labute approximate surface area is 174 Å². The number of likely N-dealkylation sites (N-methyl/N-ethyl adjacent to an activating group) is 1. The van der Waals surface area contributed by atoms with E-state index in [4.69, 9.17) is 9.47 Å². The van der Waals surface area contributed by atoms with Crippen LogP contribution in [0.4, 0.5) is 5.69 Å². The van der Waals surface area contributed by atoms with Crippen LogP contribution in [0.5, 0.6) is 11.5 Å². The molecule has 0 radical (unpaired) electrons. The smallest absolute Gasteiger partial charge is 0.262 e. The van der Waals surface area contributed by atoms with Crippen LogP contribution in [0.2, 0.25) is 0 Å². The van der Waals surface area contributed by atoms with E-state index < -0.39 is 0 Å². The maximum absolute atomic E-state index is 12.1. The number of benzene rings is 2. The van der Waals surface area contributed by atoms with Gasteiger partial charge in [0.25, 0.3) is 5.91 Å². The molecule has 0 aliphatic heterocycles. The van der Waals surface area contributed by atoms with Crippen molar-refractivity contribution in [3.63, 3.8) is 0 Å². The van der Waals surface area contributed by atoms with Gasteiger partial charge in [-0.15, -0.1) is 0 Å². The van der Waals surface area contributed by atoms with Crippen LogP contribution in [-0.2, 0) is 11.3 Å². The molecule has 0 atom stereocenters. The van der Waals surface area contributed by atoms with Crippen LogP contribution < -0.4 is 20.1 Å². The topological polar surface area (TPSA) is 62.8 Å². The van der Waals surface area contributed by atoms with E-state index in [1.54, 1.807) is 0 Å². The molecule has 0 fully saturated rings. The zero-order valence-corrected chi connectivity index (χ0v) is 18.1. The predicted octanol–water partition coefficient (Wildman–Crippen LogP) is 3.53. The Morgan fingerprint density at radius 3 is 2.41 bits per heavy atom. The number of amides is 1. The standard InChI is InChI=1S/C23H33N3O3/c1-6-28-21-14-18(15-24-17-23(2,3)26(4)5)12-13-20(21)29-16-22(27)25-19-10-8-7-9-11-19/h7-14,24H,6,15-17H2,1-5H3,(H,25,27). The fourth-order valence-corrected chi connectivity index (χ4v) is 2.58. The van der Waals surface area contributed by atoms with Crippen molar-refractivity contribution >= 4 is 11.6 Å². The summed E-state index contributed by atoms with van der Waals surface area (Å²) in [5.41, 5.74) is 1.91. The molecule has 6 heteroatoms. The van der Waals surface area contributed by atoms with Crippen LogP contribution in [0.25, 0.3) is 0 Å². The molecule has 0 saturated heterocycles. The minimum atomic E-state index is -0.213. The van der Waals surface area contributed by atoms with Gasteiger partial charge in [-0.1, -0.05) is 24.3 Å². The van der Waals surface area contributed by atoms with Crippen molar-refractivity contribution in [1.29, 1.82) is 0 Å². The highest BCUT2D eigenvalue weighted by atomic mass is 16.5. The predicted molar refractivity (Wildman–Crippen MR) is 118 cm³/mol. The number of para-hydroxylation sites is 1. The third-order valence-electron chi connectivity index (χ3n) is 4.82.